The molecule has 0 radical (unpaired) electrons. The second kappa shape index (κ2) is 10.1. The van der Waals surface area contributed by atoms with Gasteiger partial charge in [0.2, 0.25) is 5.91 Å². The summed E-state index contributed by atoms with van der Waals surface area (Å²) in [6, 6.07) is 0. The lowest BCUT2D eigenvalue weighted by Crippen LogP contribution is -2.47. The quantitative estimate of drug-likeness (QED) is 0.702. The Morgan fingerprint density at radius 1 is 1.16 bits per heavy atom. The van der Waals surface area contributed by atoms with Gasteiger partial charge in [0.25, 0.3) is 5.91 Å². The van der Waals surface area contributed by atoms with Crippen LogP contribution in [-0.2, 0) is 19.1 Å². The Morgan fingerprint density at radius 2 is 1.84 bits per heavy atom. The van der Waals surface area contributed by atoms with E-state index in [0.717, 1.165) is 45.4 Å². The minimum Gasteiger partial charge on any atom is -0.376 e. The molecule has 25 heavy (non-hydrogen) atoms. The second-order valence-electron chi connectivity index (χ2n) is 7.07. The van der Waals surface area contributed by atoms with Crippen molar-refractivity contribution in [2.24, 2.45) is 5.92 Å². The largest absolute Gasteiger partial charge is 0.376 e. The Bertz CT molecular complexity index is 425. The van der Waals surface area contributed by atoms with E-state index in [1.165, 1.54) is 6.42 Å². The summed E-state index contributed by atoms with van der Waals surface area (Å²) in [5.41, 5.74) is 0. The van der Waals surface area contributed by atoms with Crippen LogP contribution in [0.5, 0.6) is 0 Å². The smallest absolute Gasteiger partial charge is 0.251 e. The van der Waals surface area contributed by atoms with Crippen molar-refractivity contribution in [3.63, 3.8) is 0 Å². The Balaban J connectivity index is 1.73. The van der Waals surface area contributed by atoms with Gasteiger partial charge in [0.05, 0.1) is 12.7 Å². The van der Waals surface area contributed by atoms with Crippen LogP contribution < -0.4 is 0 Å². The molecule has 0 aromatic rings. The zero-order chi connectivity index (χ0) is 18.2. The molecular weight excluding hydrogens is 320 g/mol. The van der Waals surface area contributed by atoms with Crippen molar-refractivity contribution in [2.75, 3.05) is 39.4 Å². The fourth-order valence-electron chi connectivity index (χ4n) is 3.66. The molecule has 0 saturated carbocycles. The third-order valence-electron chi connectivity index (χ3n) is 5.38. The number of carbonyl (C=O) groups excluding carboxylic acids is 2. The second-order valence-corrected chi connectivity index (χ2v) is 7.07. The van der Waals surface area contributed by atoms with Gasteiger partial charge in [-0.3, -0.25) is 9.59 Å². The average molecular weight is 354 g/mol. The molecule has 2 aliphatic rings. The van der Waals surface area contributed by atoms with Crippen LogP contribution in [0.3, 0.4) is 0 Å². The van der Waals surface area contributed by atoms with Crippen molar-refractivity contribution in [2.45, 2.75) is 65.1 Å². The molecule has 2 aliphatic heterocycles. The van der Waals surface area contributed by atoms with E-state index < -0.39 is 6.10 Å². The molecule has 0 spiro atoms. The maximum absolute atomic E-state index is 12.6. The molecule has 2 rings (SSSR count). The van der Waals surface area contributed by atoms with Gasteiger partial charge < -0.3 is 19.3 Å². The Kier molecular flexibility index (Phi) is 8.16. The third-order valence-corrected chi connectivity index (χ3v) is 5.38. The summed E-state index contributed by atoms with van der Waals surface area (Å²) in [4.78, 5) is 28.7. The molecule has 2 amide bonds. The standard InChI is InChI=1S/C19H34N2O4/c1-4-20(5-2)19(23)16-9-11-21(12-10-16)18(22)15(3)25-14-17-8-6-7-13-24-17/h15-17H,4-14H2,1-3H3. The summed E-state index contributed by atoms with van der Waals surface area (Å²) in [5, 5.41) is 0. The topological polar surface area (TPSA) is 59.1 Å². The Morgan fingerprint density at radius 3 is 2.40 bits per heavy atom. The SMILES string of the molecule is CCN(CC)C(=O)C1CCN(C(=O)C(C)OCC2CCCCO2)CC1. The van der Waals surface area contributed by atoms with Crippen molar-refractivity contribution in [1.82, 2.24) is 9.80 Å². The first-order chi connectivity index (χ1) is 12.1. The maximum atomic E-state index is 12.6. The molecule has 2 saturated heterocycles. The van der Waals surface area contributed by atoms with Gasteiger partial charge in [-0.2, -0.15) is 0 Å². The maximum Gasteiger partial charge on any atom is 0.251 e. The van der Waals surface area contributed by atoms with Crippen LogP contribution in [0.2, 0.25) is 0 Å². The zero-order valence-corrected chi connectivity index (χ0v) is 16.0. The number of amides is 2. The predicted octanol–water partition coefficient (Wildman–Crippen LogP) is 2.07. The van der Waals surface area contributed by atoms with Crippen LogP contribution in [0.25, 0.3) is 0 Å². The number of likely N-dealkylation sites (tertiary alicyclic amines) is 1. The molecular formula is C19H34N2O4. The van der Waals surface area contributed by atoms with Crippen molar-refractivity contribution >= 4 is 11.8 Å². The predicted molar refractivity (Wildman–Crippen MR) is 96.2 cm³/mol. The highest BCUT2D eigenvalue weighted by atomic mass is 16.5. The number of hydrogen-bond donors (Lipinski definition) is 0. The van der Waals surface area contributed by atoms with Crippen molar-refractivity contribution < 1.29 is 19.1 Å². The highest BCUT2D eigenvalue weighted by molar-refractivity contribution is 5.82. The van der Waals surface area contributed by atoms with Crippen LogP contribution in [0.4, 0.5) is 0 Å². The van der Waals surface area contributed by atoms with Crippen LogP contribution in [-0.4, -0.2) is 73.2 Å². The fraction of sp³-hybridized carbons (Fsp3) is 0.895. The summed E-state index contributed by atoms with van der Waals surface area (Å²) < 4.78 is 11.4. The molecule has 2 fully saturated rings. The molecule has 2 unspecified atom stereocenters. The molecule has 2 atom stereocenters. The molecule has 0 bridgehead atoms. The van der Waals surface area contributed by atoms with E-state index in [2.05, 4.69) is 0 Å². The molecule has 6 heteroatoms. The van der Waals surface area contributed by atoms with Gasteiger partial charge in [0.15, 0.2) is 0 Å². The summed E-state index contributed by atoms with van der Waals surface area (Å²) in [5.74, 6) is 0.316. The summed E-state index contributed by atoms with van der Waals surface area (Å²) >= 11 is 0. The van der Waals surface area contributed by atoms with Crippen LogP contribution in [0, 0.1) is 5.92 Å². The summed E-state index contributed by atoms with van der Waals surface area (Å²) in [6.45, 7) is 9.91. The van der Waals surface area contributed by atoms with Gasteiger partial charge >= 0.3 is 0 Å². The number of nitrogens with zero attached hydrogens (tertiary/aromatic N) is 2. The lowest BCUT2D eigenvalue weighted by atomic mass is 9.95. The number of rotatable bonds is 7. The molecule has 0 aromatic carbocycles. The highest BCUT2D eigenvalue weighted by Gasteiger charge is 2.31. The molecule has 144 valence electrons. The van der Waals surface area contributed by atoms with Crippen molar-refractivity contribution in [3.05, 3.63) is 0 Å². The molecule has 0 aliphatic carbocycles. The molecule has 0 N–H and O–H groups in total. The third kappa shape index (κ3) is 5.68. The van der Waals surface area contributed by atoms with E-state index in [4.69, 9.17) is 9.47 Å². The van der Waals surface area contributed by atoms with Crippen molar-refractivity contribution in [1.29, 1.82) is 0 Å². The van der Waals surface area contributed by atoms with E-state index in [9.17, 15) is 9.59 Å². The average Bonchev–Trinajstić information content (AvgIpc) is 2.67. The van der Waals surface area contributed by atoms with E-state index in [0.29, 0.717) is 19.7 Å². The minimum absolute atomic E-state index is 0.0320. The molecule has 6 nitrogen and oxygen atoms in total. The fourth-order valence-corrected chi connectivity index (χ4v) is 3.66. The monoisotopic (exact) mass is 354 g/mol. The number of ether oxygens (including phenoxy) is 2. The van der Waals surface area contributed by atoms with Crippen LogP contribution in [0.15, 0.2) is 0 Å². The molecule has 0 aromatic heterocycles. The molecule has 2 heterocycles. The minimum atomic E-state index is -0.444. The van der Waals surface area contributed by atoms with Gasteiger partial charge in [-0.15, -0.1) is 0 Å². The Labute approximate surface area is 151 Å². The van der Waals surface area contributed by atoms with Crippen LogP contribution >= 0.6 is 0 Å². The van der Waals surface area contributed by atoms with Gasteiger partial charge in [-0.1, -0.05) is 0 Å². The van der Waals surface area contributed by atoms with Crippen molar-refractivity contribution in [3.8, 4) is 0 Å². The van der Waals surface area contributed by atoms with Gasteiger partial charge in [0, 0.05) is 38.7 Å². The van der Waals surface area contributed by atoms with Crippen LogP contribution in [0.1, 0.15) is 52.9 Å². The number of carbonyl (C=O) groups is 2. The number of hydrogen-bond acceptors (Lipinski definition) is 4. The van der Waals surface area contributed by atoms with Gasteiger partial charge in [-0.25, -0.2) is 0 Å². The lowest BCUT2D eigenvalue weighted by Gasteiger charge is -2.35. The van der Waals surface area contributed by atoms with Gasteiger partial charge in [-0.05, 0) is 52.9 Å². The normalized spacial score (nSPS) is 23.3. The van der Waals surface area contributed by atoms with E-state index in [1.807, 2.05) is 30.6 Å². The number of piperidine rings is 1. The summed E-state index contributed by atoms with van der Waals surface area (Å²) in [7, 11) is 0. The van der Waals surface area contributed by atoms with E-state index in [-0.39, 0.29) is 23.8 Å². The van der Waals surface area contributed by atoms with E-state index in [1.54, 1.807) is 0 Å². The first-order valence-electron chi connectivity index (χ1n) is 9.87. The summed E-state index contributed by atoms with van der Waals surface area (Å²) in [6.07, 6.45) is 4.48. The van der Waals surface area contributed by atoms with Gasteiger partial charge in [0.1, 0.15) is 6.10 Å². The Hall–Kier alpha value is -1.14. The first kappa shape index (κ1) is 20.2. The first-order valence-corrected chi connectivity index (χ1v) is 9.87. The lowest BCUT2D eigenvalue weighted by molar-refractivity contribution is -0.149. The van der Waals surface area contributed by atoms with E-state index >= 15 is 0 Å². The zero-order valence-electron chi connectivity index (χ0n) is 16.0. The highest BCUT2D eigenvalue weighted by Crippen LogP contribution is 2.21.